The summed E-state index contributed by atoms with van der Waals surface area (Å²) in [5, 5.41) is 5.28. The highest BCUT2D eigenvalue weighted by atomic mass is 79.9. The third-order valence-corrected chi connectivity index (χ3v) is 6.42. The number of hydrogen-bond acceptors (Lipinski definition) is 6. The molecule has 0 aliphatic carbocycles. The molecule has 2 aromatic rings. The first kappa shape index (κ1) is 14.5. The molecule has 1 saturated heterocycles. The van der Waals surface area contributed by atoms with Crippen molar-refractivity contribution < 1.29 is 0 Å². The van der Waals surface area contributed by atoms with E-state index < -0.39 is 0 Å². The van der Waals surface area contributed by atoms with Crippen molar-refractivity contribution in [1.82, 2.24) is 9.88 Å². The van der Waals surface area contributed by atoms with Crippen molar-refractivity contribution in [3.05, 3.63) is 32.4 Å². The topological polar surface area (TPSA) is 45.4 Å². The highest BCUT2D eigenvalue weighted by Gasteiger charge is 2.26. The zero-order chi connectivity index (χ0) is 13.9. The lowest BCUT2D eigenvalue weighted by Crippen LogP contribution is -2.49. The molecule has 1 unspecified atom stereocenters. The van der Waals surface area contributed by atoms with Gasteiger partial charge in [-0.15, -0.1) is 22.7 Å². The van der Waals surface area contributed by atoms with Crippen LogP contribution in [0.3, 0.4) is 0 Å². The van der Waals surface area contributed by atoms with E-state index in [0.717, 1.165) is 31.3 Å². The molecule has 0 spiro atoms. The van der Waals surface area contributed by atoms with Crippen LogP contribution in [-0.2, 0) is 0 Å². The molecule has 3 heterocycles. The summed E-state index contributed by atoms with van der Waals surface area (Å²) in [6.07, 6.45) is 1.87. The van der Waals surface area contributed by atoms with Crippen LogP contribution in [0.2, 0.25) is 0 Å². The van der Waals surface area contributed by atoms with Gasteiger partial charge in [-0.1, -0.05) is 0 Å². The van der Waals surface area contributed by atoms with Crippen LogP contribution in [0.25, 0.3) is 0 Å². The molecule has 4 nitrogen and oxygen atoms in total. The Morgan fingerprint density at radius 1 is 1.25 bits per heavy atom. The second-order valence-corrected chi connectivity index (χ2v) is 7.40. The molecule has 7 heteroatoms. The standard InChI is InChI=1S/C13H17BrN4S2/c14-10-1-7-19-12(10)11(9-15)17-3-5-18(6-4-17)13-16-2-8-20-13/h1-2,7-8,11H,3-6,9,15H2. The lowest BCUT2D eigenvalue weighted by molar-refractivity contribution is 0.192. The van der Waals surface area contributed by atoms with E-state index in [-0.39, 0.29) is 0 Å². The number of aromatic nitrogens is 1. The average Bonchev–Trinajstić information content (AvgIpc) is 3.13. The Morgan fingerprint density at radius 2 is 2.05 bits per heavy atom. The molecule has 3 rings (SSSR count). The summed E-state index contributed by atoms with van der Waals surface area (Å²) in [6, 6.07) is 2.43. The summed E-state index contributed by atoms with van der Waals surface area (Å²) >= 11 is 7.12. The van der Waals surface area contributed by atoms with Crippen LogP contribution in [0.5, 0.6) is 0 Å². The largest absolute Gasteiger partial charge is 0.346 e. The zero-order valence-electron chi connectivity index (χ0n) is 11.0. The third-order valence-electron chi connectivity index (χ3n) is 3.62. The van der Waals surface area contributed by atoms with Crippen LogP contribution in [0.4, 0.5) is 5.13 Å². The first-order chi connectivity index (χ1) is 9.79. The number of hydrogen-bond donors (Lipinski definition) is 1. The van der Waals surface area contributed by atoms with Crippen LogP contribution in [0.15, 0.2) is 27.5 Å². The molecule has 0 amide bonds. The van der Waals surface area contributed by atoms with Gasteiger partial charge < -0.3 is 10.6 Å². The van der Waals surface area contributed by atoms with Gasteiger partial charge in [0.2, 0.25) is 0 Å². The molecule has 0 bridgehead atoms. The highest BCUT2D eigenvalue weighted by molar-refractivity contribution is 9.10. The number of nitrogens with zero attached hydrogens (tertiary/aromatic N) is 3. The van der Waals surface area contributed by atoms with Crippen molar-refractivity contribution in [2.75, 3.05) is 37.6 Å². The maximum atomic E-state index is 6.01. The molecule has 1 atom stereocenters. The molecule has 1 aliphatic rings. The number of thiazole rings is 1. The molecule has 2 aromatic heterocycles. The molecule has 0 saturated carbocycles. The van der Waals surface area contributed by atoms with E-state index in [9.17, 15) is 0 Å². The molecule has 2 N–H and O–H groups in total. The summed E-state index contributed by atoms with van der Waals surface area (Å²) in [5.41, 5.74) is 6.01. The summed E-state index contributed by atoms with van der Waals surface area (Å²) in [5.74, 6) is 0. The number of rotatable bonds is 4. The molecular formula is C13H17BrN4S2. The normalized spacial score (nSPS) is 18.4. The highest BCUT2D eigenvalue weighted by Crippen LogP contribution is 2.33. The zero-order valence-corrected chi connectivity index (χ0v) is 14.3. The Labute approximate surface area is 135 Å². The predicted molar refractivity (Wildman–Crippen MR) is 89.7 cm³/mol. The van der Waals surface area contributed by atoms with Gasteiger partial charge in [0.1, 0.15) is 0 Å². The van der Waals surface area contributed by atoms with E-state index in [2.05, 4.69) is 42.2 Å². The van der Waals surface area contributed by atoms with E-state index in [1.807, 2.05) is 11.6 Å². The van der Waals surface area contributed by atoms with E-state index >= 15 is 0 Å². The van der Waals surface area contributed by atoms with Crippen LogP contribution < -0.4 is 10.6 Å². The molecule has 20 heavy (non-hydrogen) atoms. The van der Waals surface area contributed by atoms with Gasteiger partial charge in [-0.25, -0.2) is 4.98 Å². The second kappa shape index (κ2) is 6.53. The van der Waals surface area contributed by atoms with Gasteiger partial charge in [0.05, 0.1) is 6.04 Å². The van der Waals surface area contributed by atoms with Crippen molar-refractivity contribution in [3.8, 4) is 0 Å². The van der Waals surface area contributed by atoms with Crippen LogP contribution in [0, 0.1) is 0 Å². The Morgan fingerprint density at radius 3 is 2.60 bits per heavy atom. The lowest BCUT2D eigenvalue weighted by atomic mass is 10.1. The molecule has 1 aliphatic heterocycles. The van der Waals surface area contributed by atoms with E-state index in [0.29, 0.717) is 12.6 Å². The average molecular weight is 373 g/mol. The minimum atomic E-state index is 0.322. The van der Waals surface area contributed by atoms with Gasteiger partial charge in [-0.05, 0) is 27.4 Å². The van der Waals surface area contributed by atoms with Crippen LogP contribution in [0.1, 0.15) is 10.9 Å². The van der Waals surface area contributed by atoms with E-state index in [1.54, 1.807) is 22.7 Å². The molecule has 0 aromatic carbocycles. The number of nitrogens with two attached hydrogens (primary N) is 1. The first-order valence-corrected chi connectivity index (χ1v) is 9.16. The monoisotopic (exact) mass is 372 g/mol. The fourth-order valence-corrected chi connectivity index (χ4v) is 5.04. The summed E-state index contributed by atoms with van der Waals surface area (Å²) in [4.78, 5) is 10.6. The van der Waals surface area contributed by atoms with Crippen molar-refractivity contribution in [2.45, 2.75) is 6.04 Å². The third kappa shape index (κ3) is 2.92. The van der Waals surface area contributed by atoms with Crippen LogP contribution >= 0.6 is 38.6 Å². The number of anilines is 1. The fourth-order valence-electron chi connectivity index (χ4n) is 2.56. The SMILES string of the molecule is NCC(c1sccc1Br)N1CCN(c2nccs2)CC1. The predicted octanol–water partition coefficient (Wildman–Crippen LogP) is 2.79. The lowest BCUT2D eigenvalue weighted by Gasteiger charge is -2.38. The molecule has 108 valence electrons. The van der Waals surface area contributed by atoms with E-state index in [1.165, 1.54) is 9.35 Å². The Kier molecular flexibility index (Phi) is 4.72. The maximum absolute atomic E-state index is 6.01. The summed E-state index contributed by atoms with van der Waals surface area (Å²) < 4.78 is 1.18. The van der Waals surface area contributed by atoms with Gasteiger partial charge >= 0.3 is 0 Å². The fraction of sp³-hybridized carbons (Fsp3) is 0.462. The molecule has 0 radical (unpaired) electrons. The van der Waals surface area contributed by atoms with Crippen molar-refractivity contribution in [2.24, 2.45) is 5.73 Å². The Hall–Kier alpha value is -0.470. The van der Waals surface area contributed by atoms with Crippen molar-refractivity contribution in [1.29, 1.82) is 0 Å². The van der Waals surface area contributed by atoms with Gasteiger partial charge in [0, 0.05) is 53.7 Å². The van der Waals surface area contributed by atoms with Gasteiger partial charge in [0.15, 0.2) is 5.13 Å². The summed E-state index contributed by atoms with van der Waals surface area (Å²) in [6.45, 7) is 4.77. The van der Waals surface area contributed by atoms with E-state index in [4.69, 9.17) is 5.73 Å². The number of thiophene rings is 1. The minimum Gasteiger partial charge on any atom is -0.346 e. The smallest absolute Gasteiger partial charge is 0.185 e. The Balaban J connectivity index is 1.66. The first-order valence-electron chi connectivity index (χ1n) is 6.61. The van der Waals surface area contributed by atoms with Gasteiger partial charge in [-0.2, -0.15) is 0 Å². The number of halogens is 1. The second-order valence-electron chi connectivity index (χ2n) is 4.72. The maximum Gasteiger partial charge on any atom is 0.185 e. The van der Waals surface area contributed by atoms with Gasteiger partial charge in [0.25, 0.3) is 0 Å². The Bertz CT molecular complexity index is 534. The summed E-state index contributed by atoms with van der Waals surface area (Å²) in [7, 11) is 0. The van der Waals surface area contributed by atoms with Gasteiger partial charge in [-0.3, -0.25) is 4.90 Å². The van der Waals surface area contributed by atoms with Crippen molar-refractivity contribution >= 4 is 43.7 Å². The van der Waals surface area contributed by atoms with Crippen LogP contribution in [-0.4, -0.2) is 42.6 Å². The quantitative estimate of drug-likeness (QED) is 0.895. The number of piperazine rings is 1. The molecule has 1 fully saturated rings. The minimum absolute atomic E-state index is 0.322. The van der Waals surface area contributed by atoms with Crippen molar-refractivity contribution in [3.63, 3.8) is 0 Å². The molecular weight excluding hydrogens is 356 g/mol.